The van der Waals surface area contributed by atoms with Crippen LogP contribution in [0.4, 0.5) is 11.4 Å². The van der Waals surface area contributed by atoms with Gasteiger partial charge in [-0.25, -0.2) is 4.68 Å². The van der Waals surface area contributed by atoms with Crippen LogP contribution in [0.25, 0.3) is 0 Å². The first-order valence-electron chi connectivity index (χ1n) is 7.03. The summed E-state index contributed by atoms with van der Waals surface area (Å²) < 4.78 is 6.14. The summed E-state index contributed by atoms with van der Waals surface area (Å²) in [6, 6.07) is 5.81. The molecule has 24 heavy (non-hydrogen) atoms. The number of nitro benzene ring substituents is 1. The number of aromatic nitrogens is 2. The van der Waals surface area contributed by atoms with E-state index in [0.29, 0.717) is 5.69 Å². The van der Waals surface area contributed by atoms with E-state index in [1.165, 1.54) is 38.3 Å². The first kappa shape index (κ1) is 17.1. The van der Waals surface area contributed by atoms with Gasteiger partial charge in [0.25, 0.3) is 11.2 Å². The zero-order valence-electron chi connectivity index (χ0n) is 13.3. The molecule has 1 aromatic heterocycles. The van der Waals surface area contributed by atoms with E-state index in [4.69, 9.17) is 4.74 Å². The second-order valence-corrected chi connectivity index (χ2v) is 5.06. The molecule has 0 fully saturated rings. The summed E-state index contributed by atoms with van der Waals surface area (Å²) in [5.41, 5.74) is 0.116. The lowest BCUT2D eigenvalue weighted by Crippen LogP contribution is -2.33. The smallest absolute Gasteiger partial charge is 0.271 e. The molecule has 0 saturated carbocycles. The Balaban J connectivity index is 2.31. The number of amides is 1. The molecule has 0 radical (unpaired) electrons. The van der Waals surface area contributed by atoms with E-state index in [-0.39, 0.29) is 17.1 Å². The zero-order valence-corrected chi connectivity index (χ0v) is 13.3. The monoisotopic (exact) mass is 332 g/mol. The molecular weight excluding hydrogens is 316 g/mol. The second kappa shape index (κ2) is 6.90. The van der Waals surface area contributed by atoms with Crippen molar-refractivity contribution in [1.82, 2.24) is 9.78 Å². The molecule has 1 unspecified atom stereocenters. The van der Waals surface area contributed by atoms with Gasteiger partial charge in [-0.05, 0) is 26.0 Å². The van der Waals surface area contributed by atoms with Gasteiger partial charge in [0, 0.05) is 18.2 Å². The molecule has 0 saturated heterocycles. The summed E-state index contributed by atoms with van der Waals surface area (Å²) in [4.78, 5) is 34.5. The minimum atomic E-state index is -0.902. The van der Waals surface area contributed by atoms with Crippen molar-refractivity contribution in [3.05, 3.63) is 56.5 Å². The third kappa shape index (κ3) is 3.57. The quantitative estimate of drug-likeness (QED) is 0.657. The van der Waals surface area contributed by atoms with Gasteiger partial charge in [-0.3, -0.25) is 19.7 Å². The van der Waals surface area contributed by atoms with Crippen LogP contribution in [0.1, 0.15) is 18.7 Å². The van der Waals surface area contributed by atoms with Gasteiger partial charge in [0.05, 0.1) is 23.4 Å². The van der Waals surface area contributed by atoms with Crippen molar-refractivity contribution < 1.29 is 14.5 Å². The minimum absolute atomic E-state index is 0.143. The summed E-state index contributed by atoms with van der Waals surface area (Å²) >= 11 is 0. The molecule has 1 amide bonds. The maximum atomic E-state index is 12.4. The van der Waals surface area contributed by atoms with Crippen molar-refractivity contribution in [2.75, 3.05) is 12.4 Å². The standard InChI is InChI=1S/C15H16N4O5/c1-9-4-7-14(20)18(17-9)10(2)15(21)16-12-8-11(19(22)23)5-6-13(12)24-3/h4-8,10H,1-3H3,(H,16,21). The third-order valence-electron chi connectivity index (χ3n) is 3.36. The lowest BCUT2D eigenvalue weighted by Gasteiger charge is -2.15. The highest BCUT2D eigenvalue weighted by Gasteiger charge is 2.20. The number of anilines is 1. The topological polar surface area (TPSA) is 116 Å². The van der Waals surface area contributed by atoms with Crippen LogP contribution in [-0.2, 0) is 4.79 Å². The Kier molecular flexibility index (Phi) is 4.93. The van der Waals surface area contributed by atoms with Crippen molar-refractivity contribution in [3.63, 3.8) is 0 Å². The SMILES string of the molecule is COc1ccc([N+](=O)[O-])cc1NC(=O)C(C)n1nc(C)ccc1=O. The highest BCUT2D eigenvalue weighted by molar-refractivity contribution is 5.95. The summed E-state index contributed by atoms with van der Waals surface area (Å²) in [6.07, 6.45) is 0. The molecule has 0 aliphatic carbocycles. The van der Waals surface area contributed by atoms with Crippen LogP contribution in [-0.4, -0.2) is 27.7 Å². The highest BCUT2D eigenvalue weighted by Crippen LogP contribution is 2.29. The number of ether oxygens (including phenoxy) is 1. The van der Waals surface area contributed by atoms with Crippen molar-refractivity contribution in [2.24, 2.45) is 0 Å². The molecular formula is C15H16N4O5. The zero-order chi connectivity index (χ0) is 17.9. The van der Waals surface area contributed by atoms with Gasteiger partial charge in [-0.2, -0.15) is 5.10 Å². The Bertz CT molecular complexity index is 846. The molecule has 1 aromatic carbocycles. The fourth-order valence-corrected chi connectivity index (χ4v) is 2.05. The van der Waals surface area contributed by atoms with Gasteiger partial charge in [-0.15, -0.1) is 0 Å². The van der Waals surface area contributed by atoms with Crippen LogP contribution in [0.15, 0.2) is 35.1 Å². The van der Waals surface area contributed by atoms with E-state index in [0.717, 1.165) is 4.68 Å². The molecule has 1 heterocycles. The number of non-ortho nitro benzene ring substituents is 1. The maximum Gasteiger partial charge on any atom is 0.271 e. The molecule has 0 bridgehead atoms. The summed E-state index contributed by atoms with van der Waals surface area (Å²) in [6.45, 7) is 3.21. The minimum Gasteiger partial charge on any atom is -0.495 e. The normalized spacial score (nSPS) is 11.6. The number of benzene rings is 1. The lowest BCUT2D eigenvalue weighted by atomic mass is 10.2. The first-order chi connectivity index (χ1) is 11.3. The molecule has 9 heteroatoms. The van der Waals surface area contributed by atoms with Gasteiger partial charge < -0.3 is 10.1 Å². The Morgan fingerprint density at radius 3 is 2.71 bits per heavy atom. The number of hydrogen-bond acceptors (Lipinski definition) is 6. The van der Waals surface area contributed by atoms with Crippen LogP contribution in [0.2, 0.25) is 0 Å². The number of nitrogens with one attached hydrogen (secondary N) is 1. The molecule has 1 atom stereocenters. The number of nitrogens with zero attached hydrogens (tertiary/aromatic N) is 3. The number of rotatable bonds is 5. The highest BCUT2D eigenvalue weighted by atomic mass is 16.6. The van der Waals surface area contributed by atoms with E-state index in [9.17, 15) is 19.7 Å². The molecule has 0 aliphatic rings. The van der Waals surface area contributed by atoms with Crippen LogP contribution in [0.3, 0.4) is 0 Å². The van der Waals surface area contributed by atoms with Crippen LogP contribution >= 0.6 is 0 Å². The van der Waals surface area contributed by atoms with E-state index >= 15 is 0 Å². The Morgan fingerprint density at radius 1 is 1.38 bits per heavy atom. The lowest BCUT2D eigenvalue weighted by molar-refractivity contribution is -0.384. The third-order valence-corrected chi connectivity index (χ3v) is 3.36. The van der Waals surface area contributed by atoms with Crippen molar-refractivity contribution in [1.29, 1.82) is 0 Å². The first-order valence-corrected chi connectivity index (χ1v) is 7.03. The van der Waals surface area contributed by atoms with Crippen LogP contribution < -0.4 is 15.6 Å². The molecule has 9 nitrogen and oxygen atoms in total. The number of aryl methyl sites for hydroxylation is 1. The Labute approximate surface area is 137 Å². The average molecular weight is 332 g/mol. The maximum absolute atomic E-state index is 12.4. The average Bonchev–Trinajstić information content (AvgIpc) is 2.56. The van der Waals surface area contributed by atoms with Crippen molar-refractivity contribution >= 4 is 17.3 Å². The van der Waals surface area contributed by atoms with Gasteiger partial charge in [-0.1, -0.05) is 0 Å². The number of nitro groups is 1. The van der Waals surface area contributed by atoms with Crippen LogP contribution in [0.5, 0.6) is 5.75 Å². The van der Waals surface area contributed by atoms with Gasteiger partial charge in [0.1, 0.15) is 11.8 Å². The van der Waals surface area contributed by atoms with E-state index < -0.39 is 22.4 Å². The van der Waals surface area contributed by atoms with Gasteiger partial charge >= 0.3 is 0 Å². The molecule has 126 valence electrons. The Hall–Kier alpha value is -3.23. The Morgan fingerprint density at radius 2 is 2.08 bits per heavy atom. The predicted octanol–water partition coefficient (Wildman–Crippen LogP) is 1.67. The van der Waals surface area contributed by atoms with E-state index in [2.05, 4.69) is 10.4 Å². The van der Waals surface area contributed by atoms with E-state index in [1.54, 1.807) is 13.0 Å². The molecule has 0 spiro atoms. The predicted molar refractivity (Wildman–Crippen MR) is 86.2 cm³/mol. The van der Waals surface area contributed by atoms with Gasteiger partial charge in [0.2, 0.25) is 5.91 Å². The molecule has 1 N–H and O–H groups in total. The number of carbonyl (C=O) groups excluding carboxylic acids is 1. The van der Waals surface area contributed by atoms with Crippen LogP contribution in [0, 0.1) is 17.0 Å². The largest absolute Gasteiger partial charge is 0.495 e. The number of methoxy groups -OCH3 is 1. The summed E-state index contributed by atoms with van der Waals surface area (Å²) in [5.74, 6) is -0.278. The summed E-state index contributed by atoms with van der Waals surface area (Å²) in [7, 11) is 1.38. The second-order valence-electron chi connectivity index (χ2n) is 5.06. The summed E-state index contributed by atoms with van der Waals surface area (Å²) in [5, 5.41) is 17.4. The fourth-order valence-electron chi connectivity index (χ4n) is 2.05. The molecule has 2 aromatic rings. The molecule has 2 rings (SSSR count). The number of carbonyl (C=O) groups is 1. The fraction of sp³-hybridized carbons (Fsp3) is 0.267. The van der Waals surface area contributed by atoms with Gasteiger partial charge in [0.15, 0.2) is 0 Å². The van der Waals surface area contributed by atoms with E-state index in [1.807, 2.05) is 0 Å². The molecule has 0 aliphatic heterocycles. The van der Waals surface area contributed by atoms with Crippen molar-refractivity contribution in [3.8, 4) is 5.75 Å². The number of hydrogen-bond donors (Lipinski definition) is 1. The van der Waals surface area contributed by atoms with Crippen molar-refractivity contribution in [2.45, 2.75) is 19.9 Å².